The molecule has 1 aliphatic heterocycles. The molecule has 1 aromatic carbocycles. The van der Waals surface area contributed by atoms with Crippen LogP contribution in [0, 0.1) is 12.3 Å². The summed E-state index contributed by atoms with van der Waals surface area (Å²) in [6.07, 6.45) is 4.03. The van der Waals surface area contributed by atoms with Crippen LogP contribution in [0.1, 0.15) is 30.4 Å². The Hall–Kier alpha value is -1.56. The average molecular weight is 378 g/mol. The maximum absolute atomic E-state index is 12.8. The molecule has 1 aliphatic carbocycles. The molecule has 1 saturated carbocycles. The summed E-state index contributed by atoms with van der Waals surface area (Å²) in [4.78, 5) is 14.7. The summed E-state index contributed by atoms with van der Waals surface area (Å²) in [6, 6.07) is 3.77. The van der Waals surface area contributed by atoms with Crippen molar-refractivity contribution in [1.29, 1.82) is 0 Å². The predicted octanol–water partition coefficient (Wildman–Crippen LogP) is 3.33. The van der Waals surface area contributed by atoms with E-state index in [2.05, 4.69) is 0 Å². The second-order valence-electron chi connectivity index (χ2n) is 7.63. The zero-order valence-electron chi connectivity index (χ0n) is 15.1. The Morgan fingerprint density at radius 3 is 2.81 bits per heavy atom. The standard InChI is InChI=1S/C20H24ClNO4/c1-12-7-16-14(9-15(12)21)13(11-26-16)8-19(24)22-5-3-20(4-6-22)17(23)10-18(20)25-2/h7,9,11,17-18,23H,3-6,8,10H2,1-2H3. The van der Waals surface area contributed by atoms with E-state index in [4.69, 9.17) is 20.8 Å². The van der Waals surface area contributed by atoms with Gasteiger partial charge in [-0.05, 0) is 37.5 Å². The molecule has 1 spiro atoms. The first kappa shape index (κ1) is 17.8. The first-order valence-electron chi connectivity index (χ1n) is 9.09. The third-order valence-electron chi connectivity index (χ3n) is 6.35. The Morgan fingerprint density at radius 1 is 1.42 bits per heavy atom. The van der Waals surface area contributed by atoms with Crippen molar-refractivity contribution in [2.45, 2.75) is 44.8 Å². The lowest BCUT2D eigenvalue weighted by molar-refractivity contribution is -0.202. The molecule has 0 radical (unpaired) electrons. The third kappa shape index (κ3) is 2.73. The molecule has 1 aromatic heterocycles. The van der Waals surface area contributed by atoms with Gasteiger partial charge in [0.25, 0.3) is 0 Å². The molecule has 2 aliphatic rings. The average Bonchev–Trinajstić information content (AvgIpc) is 3.01. The second-order valence-corrected chi connectivity index (χ2v) is 8.03. The Morgan fingerprint density at radius 2 is 2.15 bits per heavy atom. The zero-order chi connectivity index (χ0) is 18.5. The number of amides is 1. The molecule has 2 atom stereocenters. The molecule has 1 saturated heterocycles. The van der Waals surface area contributed by atoms with Gasteiger partial charge in [0.05, 0.1) is 24.9 Å². The number of piperidine rings is 1. The highest BCUT2D eigenvalue weighted by molar-refractivity contribution is 6.32. The van der Waals surface area contributed by atoms with Crippen molar-refractivity contribution in [3.05, 3.63) is 34.5 Å². The molecule has 0 bridgehead atoms. The molecule has 4 rings (SSSR count). The SMILES string of the molecule is COC1CC(O)C12CCN(C(=O)Cc1coc3cc(C)c(Cl)cc13)CC2. The van der Waals surface area contributed by atoms with Crippen LogP contribution in [-0.2, 0) is 16.0 Å². The van der Waals surface area contributed by atoms with E-state index in [1.165, 1.54) is 0 Å². The van der Waals surface area contributed by atoms with Gasteiger partial charge in [-0.1, -0.05) is 11.6 Å². The smallest absolute Gasteiger partial charge is 0.227 e. The van der Waals surface area contributed by atoms with E-state index in [0.29, 0.717) is 31.0 Å². The highest BCUT2D eigenvalue weighted by atomic mass is 35.5. The number of benzene rings is 1. The largest absolute Gasteiger partial charge is 0.464 e. The number of aryl methyl sites for hydroxylation is 1. The monoisotopic (exact) mass is 377 g/mol. The number of methoxy groups -OCH3 is 1. The number of hydrogen-bond donors (Lipinski definition) is 1. The normalized spacial score (nSPS) is 24.8. The lowest BCUT2D eigenvalue weighted by atomic mass is 9.58. The fraction of sp³-hybridized carbons (Fsp3) is 0.550. The van der Waals surface area contributed by atoms with Gasteiger partial charge in [0.15, 0.2) is 0 Å². The minimum absolute atomic E-state index is 0.0852. The molecule has 5 nitrogen and oxygen atoms in total. The van der Waals surface area contributed by atoms with E-state index >= 15 is 0 Å². The van der Waals surface area contributed by atoms with Gasteiger partial charge in [0, 0.05) is 48.0 Å². The summed E-state index contributed by atoms with van der Waals surface area (Å²) < 4.78 is 11.1. The van der Waals surface area contributed by atoms with Crippen LogP contribution in [0.5, 0.6) is 0 Å². The van der Waals surface area contributed by atoms with Gasteiger partial charge in [-0.25, -0.2) is 0 Å². The number of rotatable bonds is 3. The predicted molar refractivity (Wildman–Crippen MR) is 99.3 cm³/mol. The van der Waals surface area contributed by atoms with Crippen molar-refractivity contribution in [2.75, 3.05) is 20.2 Å². The number of likely N-dealkylation sites (tertiary alicyclic amines) is 1. The fourth-order valence-electron chi connectivity index (χ4n) is 4.50. The summed E-state index contributed by atoms with van der Waals surface area (Å²) in [7, 11) is 1.70. The summed E-state index contributed by atoms with van der Waals surface area (Å²) in [5.74, 6) is 0.0852. The quantitative estimate of drug-likeness (QED) is 0.891. The molecule has 2 heterocycles. The zero-order valence-corrected chi connectivity index (χ0v) is 15.9. The van der Waals surface area contributed by atoms with E-state index in [0.717, 1.165) is 34.9 Å². The van der Waals surface area contributed by atoms with Crippen molar-refractivity contribution < 1.29 is 19.1 Å². The first-order valence-corrected chi connectivity index (χ1v) is 9.47. The van der Waals surface area contributed by atoms with Crippen molar-refractivity contribution >= 4 is 28.5 Å². The number of carbonyl (C=O) groups excluding carboxylic acids is 1. The van der Waals surface area contributed by atoms with E-state index in [1.807, 2.05) is 24.0 Å². The molecule has 26 heavy (non-hydrogen) atoms. The number of fused-ring (bicyclic) bond motifs is 1. The van der Waals surface area contributed by atoms with Gasteiger partial charge in [-0.2, -0.15) is 0 Å². The minimum atomic E-state index is -0.312. The number of aliphatic hydroxyl groups excluding tert-OH is 1. The summed E-state index contributed by atoms with van der Waals surface area (Å²) in [5, 5.41) is 11.8. The van der Waals surface area contributed by atoms with E-state index in [1.54, 1.807) is 13.4 Å². The Balaban J connectivity index is 1.44. The molecule has 2 aromatic rings. The van der Waals surface area contributed by atoms with Crippen molar-refractivity contribution in [2.24, 2.45) is 5.41 Å². The lowest BCUT2D eigenvalue weighted by Crippen LogP contribution is -2.62. The number of halogens is 1. The molecule has 1 amide bonds. The minimum Gasteiger partial charge on any atom is -0.464 e. The Kier molecular flexibility index (Phi) is 4.49. The molecule has 2 unspecified atom stereocenters. The Labute approximate surface area is 157 Å². The van der Waals surface area contributed by atoms with Gasteiger partial charge < -0.3 is 19.2 Å². The fourth-order valence-corrected chi connectivity index (χ4v) is 4.66. The summed E-state index contributed by atoms with van der Waals surface area (Å²) >= 11 is 6.22. The summed E-state index contributed by atoms with van der Waals surface area (Å²) in [6.45, 7) is 3.25. The van der Waals surface area contributed by atoms with Crippen molar-refractivity contribution in [3.63, 3.8) is 0 Å². The highest BCUT2D eigenvalue weighted by Gasteiger charge is 2.56. The van der Waals surface area contributed by atoms with Gasteiger partial charge >= 0.3 is 0 Å². The number of carbonyl (C=O) groups is 1. The lowest BCUT2D eigenvalue weighted by Gasteiger charge is -2.56. The van der Waals surface area contributed by atoms with Crippen LogP contribution in [-0.4, -0.2) is 48.3 Å². The van der Waals surface area contributed by atoms with Crippen LogP contribution in [0.15, 0.2) is 22.8 Å². The summed E-state index contributed by atoms with van der Waals surface area (Å²) in [5.41, 5.74) is 2.41. The topological polar surface area (TPSA) is 62.9 Å². The van der Waals surface area contributed by atoms with Gasteiger partial charge in [-0.15, -0.1) is 0 Å². The van der Waals surface area contributed by atoms with E-state index in [-0.39, 0.29) is 23.5 Å². The van der Waals surface area contributed by atoms with Crippen LogP contribution < -0.4 is 0 Å². The van der Waals surface area contributed by atoms with Crippen LogP contribution in [0.4, 0.5) is 0 Å². The number of hydrogen-bond acceptors (Lipinski definition) is 4. The maximum atomic E-state index is 12.8. The highest BCUT2D eigenvalue weighted by Crippen LogP contribution is 2.50. The molecular formula is C20H24ClNO4. The van der Waals surface area contributed by atoms with Crippen LogP contribution in [0.2, 0.25) is 5.02 Å². The number of furan rings is 1. The molecule has 140 valence electrons. The van der Waals surface area contributed by atoms with Crippen molar-refractivity contribution in [1.82, 2.24) is 4.90 Å². The molecular weight excluding hydrogens is 354 g/mol. The van der Waals surface area contributed by atoms with E-state index in [9.17, 15) is 9.90 Å². The second kappa shape index (κ2) is 6.55. The Bertz CT molecular complexity index is 838. The molecule has 2 fully saturated rings. The van der Waals surface area contributed by atoms with Crippen LogP contribution in [0.3, 0.4) is 0 Å². The number of aliphatic hydroxyl groups is 1. The van der Waals surface area contributed by atoms with Gasteiger partial charge in [0.2, 0.25) is 5.91 Å². The molecule has 1 N–H and O–H groups in total. The molecule has 6 heteroatoms. The van der Waals surface area contributed by atoms with Crippen LogP contribution in [0.25, 0.3) is 11.0 Å². The number of nitrogens with zero attached hydrogens (tertiary/aromatic N) is 1. The van der Waals surface area contributed by atoms with Crippen molar-refractivity contribution in [3.8, 4) is 0 Å². The van der Waals surface area contributed by atoms with E-state index < -0.39 is 0 Å². The first-order chi connectivity index (χ1) is 12.4. The third-order valence-corrected chi connectivity index (χ3v) is 6.76. The van der Waals surface area contributed by atoms with Gasteiger partial charge in [-0.3, -0.25) is 4.79 Å². The van der Waals surface area contributed by atoms with Crippen LogP contribution >= 0.6 is 11.6 Å². The van der Waals surface area contributed by atoms with Gasteiger partial charge in [0.1, 0.15) is 5.58 Å². The number of ether oxygens (including phenoxy) is 1. The maximum Gasteiger partial charge on any atom is 0.227 e.